The number of aliphatic hydroxyl groups excluding tert-OH is 1. The van der Waals surface area contributed by atoms with Gasteiger partial charge in [0.15, 0.2) is 28.5 Å². The molecule has 1 aliphatic heterocycles. The Morgan fingerprint density at radius 2 is 1.72 bits per heavy atom. The number of hydrogen-bond donors (Lipinski definition) is 4. The fraction of sp³-hybridized carbons (Fsp3) is 0.500. The van der Waals surface area contributed by atoms with E-state index in [-0.39, 0.29) is 11.2 Å². The number of carbonyl (C=O) groups excluding carboxylic acids is 3. The number of ether oxygens (including phenoxy) is 1. The first-order valence-corrected chi connectivity index (χ1v) is 8.62. The minimum Gasteiger partial charge on any atom is -0.392 e. The number of hydrogen-bond acceptors (Lipinski definition) is 10. The molecule has 29 heavy (non-hydrogen) atoms. The van der Waals surface area contributed by atoms with E-state index in [1.165, 1.54) is 0 Å². The van der Waals surface area contributed by atoms with Crippen LogP contribution >= 0.6 is 11.6 Å². The summed E-state index contributed by atoms with van der Waals surface area (Å²) in [5, 5.41) is 29.6. The molecule has 0 saturated carbocycles. The van der Waals surface area contributed by atoms with Crippen molar-refractivity contribution in [1.82, 2.24) is 19.5 Å². The fourth-order valence-electron chi connectivity index (χ4n) is 3.85. The number of ketones is 3. The minimum atomic E-state index is -3.32. The first kappa shape index (κ1) is 21.2. The van der Waals surface area contributed by atoms with Crippen LogP contribution in [0.15, 0.2) is 17.4 Å². The summed E-state index contributed by atoms with van der Waals surface area (Å²) in [7, 11) is 0. The third-order valence-corrected chi connectivity index (χ3v) is 5.71. The number of aromatic amines is 1. The van der Waals surface area contributed by atoms with Gasteiger partial charge in [0, 0.05) is 0 Å². The normalized spacial score (nSPS) is 34.4. The lowest BCUT2D eigenvalue weighted by atomic mass is 9.69. The Bertz CT molecular complexity index is 1110. The van der Waals surface area contributed by atoms with E-state index in [2.05, 4.69) is 15.0 Å². The van der Waals surface area contributed by atoms with Gasteiger partial charge in [-0.2, -0.15) is 0 Å². The fourth-order valence-corrected chi connectivity index (χ4v) is 4.23. The van der Waals surface area contributed by atoms with Crippen LogP contribution < -0.4 is 5.56 Å². The highest BCUT2D eigenvalue weighted by molar-refractivity contribution is 6.28. The Morgan fingerprint density at radius 3 is 2.21 bits per heavy atom. The molecule has 2 aromatic heterocycles. The average molecular weight is 429 g/mol. The van der Waals surface area contributed by atoms with Crippen LogP contribution in [-0.4, -0.2) is 75.1 Å². The molecule has 156 valence electrons. The van der Waals surface area contributed by atoms with E-state index in [0.29, 0.717) is 0 Å². The minimum absolute atomic E-state index is 0.287. The van der Waals surface area contributed by atoms with Crippen LogP contribution in [0.25, 0.3) is 11.2 Å². The average Bonchev–Trinajstić information content (AvgIpc) is 3.15. The lowest BCUT2D eigenvalue weighted by Crippen LogP contribution is -2.73. The number of halogens is 1. The predicted molar refractivity (Wildman–Crippen MR) is 94.8 cm³/mol. The maximum absolute atomic E-state index is 12.9. The van der Waals surface area contributed by atoms with Crippen LogP contribution in [0.4, 0.5) is 0 Å². The van der Waals surface area contributed by atoms with Gasteiger partial charge in [0.05, 0.1) is 12.9 Å². The summed E-state index contributed by atoms with van der Waals surface area (Å²) in [4.78, 5) is 59.9. The smallest absolute Gasteiger partial charge is 0.278 e. The van der Waals surface area contributed by atoms with Gasteiger partial charge in [0.25, 0.3) is 5.56 Å². The van der Waals surface area contributed by atoms with Crippen molar-refractivity contribution >= 4 is 40.1 Å². The quantitative estimate of drug-likeness (QED) is 0.386. The van der Waals surface area contributed by atoms with Gasteiger partial charge in [-0.1, -0.05) is 11.6 Å². The zero-order valence-corrected chi connectivity index (χ0v) is 16.2. The van der Waals surface area contributed by atoms with E-state index >= 15 is 0 Å². The van der Waals surface area contributed by atoms with Crippen molar-refractivity contribution < 1.29 is 34.4 Å². The number of Topliss-reactive ketones (excluding diaryl/α,β-unsaturated/α-hetero) is 3. The molecule has 13 heteroatoms. The van der Waals surface area contributed by atoms with Crippen molar-refractivity contribution in [2.75, 3.05) is 6.61 Å². The van der Waals surface area contributed by atoms with Crippen molar-refractivity contribution in [3.8, 4) is 0 Å². The van der Waals surface area contributed by atoms with Crippen molar-refractivity contribution in [1.29, 1.82) is 0 Å². The van der Waals surface area contributed by atoms with Gasteiger partial charge in [-0.25, -0.2) is 9.97 Å². The zero-order valence-electron chi connectivity index (χ0n) is 15.5. The summed E-state index contributed by atoms with van der Waals surface area (Å²) < 4.78 is 6.22. The number of nitrogens with one attached hydrogen (secondary N) is 1. The van der Waals surface area contributed by atoms with Crippen LogP contribution in [-0.2, 0) is 24.8 Å². The number of carbonyl (C=O) groups is 3. The molecule has 1 aliphatic rings. The highest BCUT2D eigenvalue weighted by Crippen LogP contribution is 2.58. The van der Waals surface area contributed by atoms with Gasteiger partial charge in [-0.3, -0.25) is 23.7 Å². The number of nitrogens with zero attached hydrogens (tertiary/aromatic N) is 3. The molecule has 0 aromatic carbocycles. The third-order valence-electron chi connectivity index (χ3n) is 5.24. The molecule has 0 bridgehead atoms. The predicted octanol–water partition coefficient (Wildman–Crippen LogP) is -2.04. The second-order valence-electron chi connectivity index (χ2n) is 6.74. The van der Waals surface area contributed by atoms with Crippen LogP contribution in [0.3, 0.4) is 0 Å². The maximum Gasteiger partial charge on any atom is 0.278 e. The van der Waals surface area contributed by atoms with Crippen LogP contribution in [0.1, 0.15) is 20.8 Å². The molecule has 1 saturated heterocycles. The summed E-state index contributed by atoms with van der Waals surface area (Å²) in [6.07, 6.45) is 1.83. The van der Waals surface area contributed by atoms with E-state index in [1.807, 2.05) is 0 Å². The maximum atomic E-state index is 12.9. The number of rotatable bonds is 5. The Balaban J connectivity index is 2.55. The first-order chi connectivity index (χ1) is 13.3. The monoisotopic (exact) mass is 428 g/mol. The first-order valence-electron chi connectivity index (χ1n) is 8.24. The lowest BCUT2D eigenvalue weighted by molar-refractivity contribution is -0.206. The lowest BCUT2D eigenvalue weighted by Gasteiger charge is -2.42. The summed E-state index contributed by atoms with van der Waals surface area (Å²) in [6, 6.07) is 0. The zero-order chi connectivity index (χ0) is 22.0. The molecule has 4 atom stereocenters. The molecular weight excluding hydrogens is 412 g/mol. The Hall–Kier alpha value is -2.51. The second-order valence-corrected chi connectivity index (χ2v) is 7.35. The molecule has 4 N–H and O–H groups in total. The van der Waals surface area contributed by atoms with E-state index in [4.69, 9.17) is 16.3 Å². The van der Waals surface area contributed by atoms with E-state index in [0.717, 1.165) is 38.0 Å². The Morgan fingerprint density at radius 1 is 1.14 bits per heavy atom. The topological polar surface area (TPSA) is 185 Å². The standard InChI is InChI=1S/C16H17ClN4O8/c1-7(23)14(27)13(17,4-22)29-16(9(3)25,15(14,28)8(2)24)21-6-20-10-11(21)18-5-19-12(10)26/h5-6,22,27-28H,4H2,1-3H3,(H,18,19,26)/t13-,14-,15-,16-/m1/s1. The van der Waals surface area contributed by atoms with Crippen molar-refractivity contribution in [2.45, 2.75) is 42.8 Å². The molecule has 0 aliphatic carbocycles. The summed E-state index contributed by atoms with van der Waals surface area (Å²) >= 11 is 6.18. The number of H-pyrrole nitrogens is 1. The SMILES string of the molecule is CC(=O)[C@@]1(O)[C@@](O)(C(C)=O)[C@@](Cl)(CO)O[C@@]1(C(C)=O)n1cnc2c(=O)[nH]cnc21. The number of aliphatic hydroxyl groups is 3. The molecular formula is C16H17ClN4O8. The largest absolute Gasteiger partial charge is 0.392 e. The Labute approximate surface area is 167 Å². The molecule has 0 amide bonds. The summed E-state index contributed by atoms with van der Waals surface area (Å²) in [5.41, 5.74) is -10.8. The molecule has 12 nitrogen and oxygen atoms in total. The second kappa shape index (κ2) is 6.24. The van der Waals surface area contributed by atoms with E-state index in [1.54, 1.807) is 0 Å². The number of fused-ring (bicyclic) bond motifs is 1. The number of alkyl halides is 1. The summed E-state index contributed by atoms with van der Waals surface area (Å²) in [6.45, 7) is 1.23. The molecule has 3 rings (SSSR count). The van der Waals surface area contributed by atoms with Gasteiger partial charge in [-0.05, 0) is 20.8 Å². The van der Waals surface area contributed by atoms with E-state index < -0.39 is 51.5 Å². The van der Waals surface area contributed by atoms with E-state index in [9.17, 15) is 34.5 Å². The number of aromatic nitrogens is 4. The van der Waals surface area contributed by atoms with Gasteiger partial charge in [0.1, 0.15) is 6.33 Å². The highest BCUT2D eigenvalue weighted by Gasteiger charge is 2.85. The highest BCUT2D eigenvalue weighted by atomic mass is 35.5. The number of imidazole rings is 1. The molecule has 1 fully saturated rings. The van der Waals surface area contributed by atoms with Crippen LogP contribution in [0.2, 0.25) is 0 Å². The van der Waals surface area contributed by atoms with Crippen molar-refractivity contribution in [3.63, 3.8) is 0 Å². The van der Waals surface area contributed by atoms with Crippen molar-refractivity contribution in [2.24, 2.45) is 0 Å². The van der Waals surface area contributed by atoms with Gasteiger partial charge >= 0.3 is 0 Å². The molecule has 3 heterocycles. The van der Waals surface area contributed by atoms with Crippen molar-refractivity contribution in [3.05, 3.63) is 23.0 Å². The van der Waals surface area contributed by atoms with Gasteiger partial charge in [-0.15, -0.1) is 0 Å². The molecule has 2 aromatic rings. The van der Waals surface area contributed by atoms with Gasteiger partial charge in [0.2, 0.25) is 22.0 Å². The van der Waals surface area contributed by atoms with Gasteiger partial charge < -0.3 is 25.0 Å². The third kappa shape index (κ3) is 2.17. The molecule has 0 radical (unpaired) electrons. The van der Waals surface area contributed by atoms with Crippen LogP contribution in [0.5, 0.6) is 0 Å². The summed E-state index contributed by atoms with van der Waals surface area (Å²) in [5.74, 6) is -3.61. The Kier molecular flexibility index (Phi) is 4.56. The van der Waals surface area contributed by atoms with Crippen LogP contribution in [0, 0.1) is 0 Å². The molecule has 0 unspecified atom stereocenters. The molecule has 0 spiro atoms.